The molecule has 0 saturated carbocycles. The van der Waals surface area contributed by atoms with E-state index in [1.54, 1.807) is 0 Å². The Bertz CT molecular complexity index is 355. The molecule has 0 aliphatic heterocycles. The van der Waals surface area contributed by atoms with E-state index in [1.165, 1.54) is 5.56 Å². The maximum absolute atomic E-state index is 11.1. The lowest BCUT2D eigenvalue weighted by Gasteiger charge is -2.37. The number of rotatable bonds is 11. The van der Waals surface area contributed by atoms with Gasteiger partial charge in [0, 0.05) is 6.04 Å². The minimum absolute atomic E-state index is 0.177. The molecule has 2 nitrogen and oxygen atoms in total. The summed E-state index contributed by atoms with van der Waals surface area (Å²) in [5, 5.41) is 14.5. The summed E-state index contributed by atoms with van der Waals surface area (Å²) < 4.78 is 0. The molecule has 2 N–H and O–H groups in total. The van der Waals surface area contributed by atoms with E-state index in [0.717, 1.165) is 51.4 Å². The van der Waals surface area contributed by atoms with Crippen LogP contribution in [-0.2, 0) is 6.42 Å². The van der Waals surface area contributed by atoms with Crippen LogP contribution in [0.3, 0.4) is 0 Å². The minimum atomic E-state index is -0.560. The molecule has 0 aliphatic carbocycles. The van der Waals surface area contributed by atoms with Crippen molar-refractivity contribution in [2.75, 3.05) is 7.05 Å². The number of aryl methyl sites for hydroxylation is 1. The third kappa shape index (κ3) is 6.19. The highest BCUT2D eigenvalue weighted by Gasteiger charge is 2.34. The van der Waals surface area contributed by atoms with Gasteiger partial charge in [-0.15, -0.1) is 0 Å². The first-order valence-corrected chi connectivity index (χ1v) is 8.59. The molecule has 1 rings (SSSR count). The molecule has 0 saturated heterocycles. The van der Waals surface area contributed by atoms with Gasteiger partial charge >= 0.3 is 0 Å². The number of hydrogen-bond donors (Lipinski definition) is 2. The smallest absolute Gasteiger partial charge is 0.0800 e. The lowest BCUT2D eigenvalue weighted by molar-refractivity contribution is -0.0181. The predicted molar refractivity (Wildman–Crippen MR) is 91.6 cm³/mol. The second-order valence-electron chi connectivity index (χ2n) is 6.18. The predicted octanol–water partition coefficient (Wildman–Crippen LogP) is 4.32. The van der Waals surface area contributed by atoms with Gasteiger partial charge in [-0.3, -0.25) is 0 Å². The van der Waals surface area contributed by atoms with Crippen molar-refractivity contribution in [1.29, 1.82) is 0 Å². The fourth-order valence-electron chi connectivity index (χ4n) is 3.08. The Balaban J connectivity index is 2.66. The van der Waals surface area contributed by atoms with Crippen molar-refractivity contribution >= 4 is 0 Å². The van der Waals surface area contributed by atoms with Crippen molar-refractivity contribution in [3.8, 4) is 0 Å². The molecule has 0 aromatic heterocycles. The highest BCUT2D eigenvalue weighted by molar-refractivity contribution is 5.15. The molecule has 0 bridgehead atoms. The van der Waals surface area contributed by atoms with Gasteiger partial charge in [-0.25, -0.2) is 0 Å². The van der Waals surface area contributed by atoms with Gasteiger partial charge in [-0.1, -0.05) is 69.9 Å². The number of benzene rings is 1. The van der Waals surface area contributed by atoms with Crippen LogP contribution >= 0.6 is 0 Å². The average Bonchev–Trinajstić information content (AvgIpc) is 2.52. The van der Waals surface area contributed by atoms with Gasteiger partial charge in [0.25, 0.3) is 0 Å². The second-order valence-corrected chi connectivity index (χ2v) is 6.18. The standard InChI is InChI=1S/C19H33NO/c1-4-6-15-19(21,16-7-5-2)18(20-3)14-13-17-11-9-8-10-12-17/h8-12,18,20-21H,4-7,13-16H2,1-3H3. The minimum Gasteiger partial charge on any atom is -0.388 e. The molecular weight excluding hydrogens is 258 g/mol. The van der Waals surface area contributed by atoms with E-state index in [2.05, 4.69) is 49.5 Å². The number of likely N-dealkylation sites (N-methyl/N-ethyl adjacent to an activating group) is 1. The normalized spacial score (nSPS) is 13.3. The monoisotopic (exact) mass is 291 g/mol. The second kappa shape index (κ2) is 9.97. The largest absolute Gasteiger partial charge is 0.388 e. The quantitative estimate of drug-likeness (QED) is 0.636. The van der Waals surface area contributed by atoms with Crippen molar-refractivity contribution in [2.24, 2.45) is 0 Å². The number of nitrogens with one attached hydrogen (secondary N) is 1. The molecule has 2 heteroatoms. The SMILES string of the molecule is CCCCC(O)(CCCC)C(CCc1ccccc1)NC. The van der Waals surface area contributed by atoms with Crippen molar-refractivity contribution < 1.29 is 5.11 Å². The third-order valence-electron chi connectivity index (χ3n) is 4.49. The Kier molecular flexibility index (Phi) is 8.63. The number of aliphatic hydroxyl groups is 1. The van der Waals surface area contributed by atoms with Gasteiger partial charge < -0.3 is 10.4 Å². The zero-order chi connectivity index (χ0) is 15.6. The van der Waals surface area contributed by atoms with Crippen LogP contribution in [0.1, 0.15) is 64.4 Å². The van der Waals surface area contributed by atoms with E-state index in [-0.39, 0.29) is 6.04 Å². The van der Waals surface area contributed by atoms with Crippen LogP contribution in [0.4, 0.5) is 0 Å². The fourth-order valence-corrected chi connectivity index (χ4v) is 3.08. The molecule has 0 aliphatic rings. The maximum atomic E-state index is 11.1. The Morgan fingerprint density at radius 2 is 1.62 bits per heavy atom. The molecule has 0 fully saturated rings. The highest BCUT2D eigenvalue weighted by atomic mass is 16.3. The van der Waals surface area contributed by atoms with Crippen LogP contribution < -0.4 is 5.32 Å². The molecule has 1 aromatic carbocycles. The first-order valence-electron chi connectivity index (χ1n) is 8.59. The van der Waals surface area contributed by atoms with Gasteiger partial charge in [0.15, 0.2) is 0 Å². The summed E-state index contributed by atoms with van der Waals surface area (Å²) in [6.45, 7) is 4.39. The van der Waals surface area contributed by atoms with Gasteiger partial charge in [-0.2, -0.15) is 0 Å². The van der Waals surface area contributed by atoms with Crippen molar-refractivity contribution in [1.82, 2.24) is 5.32 Å². The van der Waals surface area contributed by atoms with E-state index in [4.69, 9.17) is 0 Å². The first-order chi connectivity index (χ1) is 10.2. The van der Waals surface area contributed by atoms with Crippen molar-refractivity contribution in [3.63, 3.8) is 0 Å². The molecule has 0 amide bonds. The molecular formula is C19H33NO. The summed E-state index contributed by atoms with van der Waals surface area (Å²) in [5.41, 5.74) is 0.793. The molecule has 0 radical (unpaired) electrons. The summed E-state index contributed by atoms with van der Waals surface area (Å²) in [6.07, 6.45) is 8.31. The van der Waals surface area contributed by atoms with E-state index >= 15 is 0 Å². The Hall–Kier alpha value is -0.860. The summed E-state index contributed by atoms with van der Waals surface area (Å²) >= 11 is 0. The van der Waals surface area contributed by atoms with Crippen LogP contribution in [-0.4, -0.2) is 23.8 Å². The van der Waals surface area contributed by atoms with Crippen molar-refractivity contribution in [3.05, 3.63) is 35.9 Å². The molecule has 0 spiro atoms. The van der Waals surface area contributed by atoms with E-state index in [1.807, 2.05) is 7.05 Å². The van der Waals surface area contributed by atoms with Gasteiger partial charge in [0.1, 0.15) is 0 Å². The van der Waals surface area contributed by atoms with Crippen LogP contribution in [0.5, 0.6) is 0 Å². The lowest BCUT2D eigenvalue weighted by Crippen LogP contribution is -2.50. The molecule has 1 atom stereocenters. The molecule has 1 unspecified atom stereocenters. The van der Waals surface area contributed by atoms with E-state index < -0.39 is 5.60 Å². The number of unbranched alkanes of at least 4 members (excludes halogenated alkanes) is 2. The fraction of sp³-hybridized carbons (Fsp3) is 0.684. The van der Waals surface area contributed by atoms with Crippen LogP contribution in [0.2, 0.25) is 0 Å². The average molecular weight is 291 g/mol. The Morgan fingerprint density at radius 1 is 1.05 bits per heavy atom. The first kappa shape index (κ1) is 18.2. The highest BCUT2D eigenvalue weighted by Crippen LogP contribution is 2.28. The van der Waals surface area contributed by atoms with Crippen LogP contribution in [0, 0.1) is 0 Å². The van der Waals surface area contributed by atoms with Crippen LogP contribution in [0.15, 0.2) is 30.3 Å². The third-order valence-corrected chi connectivity index (χ3v) is 4.49. The summed E-state index contributed by atoms with van der Waals surface area (Å²) in [7, 11) is 1.98. The van der Waals surface area contributed by atoms with Gasteiger partial charge in [-0.05, 0) is 38.3 Å². The Labute approximate surface area is 131 Å². The Morgan fingerprint density at radius 3 is 2.10 bits per heavy atom. The van der Waals surface area contributed by atoms with Gasteiger partial charge in [0.2, 0.25) is 0 Å². The lowest BCUT2D eigenvalue weighted by atomic mass is 9.81. The number of hydrogen-bond acceptors (Lipinski definition) is 2. The topological polar surface area (TPSA) is 32.3 Å². The zero-order valence-electron chi connectivity index (χ0n) is 14.1. The zero-order valence-corrected chi connectivity index (χ0v) is 14.1. The molecule has 1 aromatic rings. The van der Waals surface area contributed by atoms with Gasteiger partial charge in [0.05, 0.1) is 5.60 Å². The molecule has 120 valence electrons. The summed E-state index contributed by atoms with van der Waals surface area (Å²) in [4.78, 5) is 0. The molecule has 0 heterocycles. The maximum Gasteiger partial charge on any atom is 0.0800 e. The van der Waals surface area contributed by atoms with Crippen molar-refractivity contribution in [2.45, 2.75) is 76.9 Å². The summed E-state index contributed by atoms with van der Waals surface area (Å²) in [6, 6.07) is 10.7. The van der Waals surface area contributed by atoms with Crippen LogP contribution in [0.25, 0.3) is 0 Å². The summed E-state index contributed by atoms with van der Waals surface area (Å²) in [5.74, 6) is 0. The van der Waals surface area contributed by atoms with E-state index in [9.17, 15) is 5.11 Å². The van der Waals surface area contributed by atoms with E-state index in [0.29, 0.717) is 0 Å². The molecule has 21 heavy (non-hydrogen) atoms.